The quantitative estimate of drug-likeness (QED) is 0.377. The normalized spacial score (nSPS) is 11.7. The second kappa shape index (κ2) is 8.52. The van der Waals surface area contributed by atoms with E-state index in [1.807, 2.05) is 31.2 Å². The SMILES string of the molecule is Cc1noc(-c2ccc(Br)cc2)c1CCSCc1cccc(C(F)(F)F)c1. The molecule has 3 aromatic rings. The molecule has 2 nitrogen and oxygen atoms in total. The van der Waals surface area contributed by atoms with E-state index in [0.29, 0.717) is 11.3 Å². The first-order valence-corrected chi connectivity index (χ1v) is 10.2. The third-order valence-electron chi connectivity index (χ3n) is 4.11. The van der Waals surface area contributed by atoms with Gasteiger partial charge in [-0.2, -0.15) is 24.9 Å². The fraction of sp³-hybridized carbons (Fsp3) is 0.250. The fourth-order valence-electron chi connectivity index (χ4n) is 2.71. The highest BCUT2D eigenvalue weighted by Gasteiger charge is 2.30. The molecule has 2 aromatic carbocycles. The molecule has 0 aliphatic carbocycles. The minimum atomic E-state index is -4.31. The summed E-state index contributed by atoms with van der Waals surface area (Å²) >= 11 is 5.01. The van der Waals surface area contributed by atoms with Crippen molar-refractivity contribution in [2.45, 2.75) is 25.3 Å². The summed E-state index contributed by atoms with van der Waals surface area (Å²) in [4.78, 5) is 0. The maximum absolute atomic E-state index is 12.8. The minimum absolute atomic E-state index is 0.530. The molecule has 0 aliphatic rings. The van der Waals surface area contributed by atoms with Gasteiger partial charge in [-0.25, -0.2) is 0 Å². The van der Waals surface area contributed by atoms with Crippen molar-refractivity contribution in [3.8, 4) is 11.3 Å². The molecule has 0 saturated carbocycles. The van der Waals surface area contributed by atoms with Crippen molar-refractivity contribution >= 4 is 27.7 Å². The van der Waals surface area contributed by atoms with Gasteiger partial charge in [-0.3, -0.25) is 0 Å². The van der Waals surface area contributed by atoms with Crippen molar-refractivity contribution < 1.29 is 17.7 Å². The molecule has 3 rings (SSSR count). The van der Waals surface area contributed by atoms with E-state index in [1.165, 1.54) is 12.1 Å². The summed E-state index contributed by atoms with van der Waals surface area (Å²) in [6, 6.07) is 13.3. The predicted molar refractivity (Wildman–Crippen MR) is 106 cm³/mol. The molecule has 7 heteroatoms. The maximum atomic E-state index is 12.8. The minimum Gasteiger partial charge on any atom is -0.356 e. The van der Waals surface area contributed by atoms with E-state index in [2.05, 4.69) is 21.1 Å². The summed E-state index contributed by atoms with van der Waals surface area (Å²) in [6.07, 6.45) is -3.57. The third kappa shape index (κ3) is 5.17. The summed E-state index contributed by atoms with van der Waals surface area (Å²) in [5, 5.41) is 4.07. The Kier molecular flexibility index (Phi) is 6.32. The monoisotopic (exact) mass is 455 g/mol. The van der Waals surface area contributed by atoms with E-state index in [1.54, 1.807) is 17.8 Å². The van der Waals surface area contributed by atoms with Gasteiger partial charge >= 0.3 is 6.18 Å². The van der Waals surface area contributed by atoms with Crippen LogP contribution in [-0.2, 0) is 18.3 Å². The summed E-state index contributed by atoms with van der Waals surface area (Å²) < 4.78 is 44.8. The first kappa shape index (κ1) is 20.0. The Morgan fingerprint density at radius 2 is 1.85 bits per heavy atom. The highest BCUT2D eigenvalue weighted by Crippen LogP contribution is 2.31. The van der Waals surface area contributed by atoms with Crippen LogP contribution in [0.4, 0.5) is 13.2 Å². The third-order valence-corrected chi connectivity index (χ3v) is 5.67. The number of benzene rings is 2. The summed E-state index contributed by atoms with van der Waals surface area (Å²) in [6.45, 7) is 1.90. The lowest BCUT2D eigenvalue weighted by atomic mass is 10.1. The molecule has 0 spiro atoms. The van der Waals surface area contributed by atoms with Crippen molar-refractivity contribution in [3.05, 3.63) is 75.4 Å². The average Bonchev–Trinajstić information content (AvgIpc) is 3.00. The first-order valence-electron chi connectivity index (χ1n) is 8.29. The first-order chi connectivity index (χ1) is 12.8. The largest absolute Gasteiger partial charge is 0.416 e. The zero-order valence-corrected chi connectivity index (χ0v) is 16.9. The maximum Gasteiger partial charge on any atom is 0.416 e. The fourth-order valence-corrected chi connectivity index (χ4v) is 3.89. The number of alkyl halides is 3. The molecule has 0 saturated heterocycles. The molecule has 0 fully saturated rings. The Balaban J connectivity index is 1.62. The number of aromatic nitrogens is 1. The average molecular weight is 456 g/mol. The summed E-state index contributed by atoms with van der Waals surface area (Å²) in [5.74, 6) is 2.05. The smallest absolute Gasteiger partial charge is 0.356 e. The van der Waals surface area contributed by atoms with Gasteiger partial charge < -0.3 is 4.52 Å². The molecule has 0 N–H and O–H groups in total. The number of nitrogens with zero attached hydrogens (tertiary/aromatic N) is 1. The number of thioether (sulfide) groups is 1. The molecule has 0 bridgehead atoms. The molecular weight excluding hydrogens is 439 g/mol. The Morgan fingerprint density at radius 1 is 1.11 bits per heavy atom. The van der Waals surface area contributed by atoms with Gasteiger partial charge in [0.1, 0.15) is 0 Å². The van der Waals surface area contributed by atoms with E-state index in [-0.39, 0.29) is 0 Å². The van der Waals surface area contributed by atoms with E-state index in [4.69, 9.17) is 4.52 Å². The van der Waals surface area contributed by atoms with Gasteiger partial charge in [0.05, 0.1) is 11.3 Å². The van der Waals surface area contributed by atoms with Gasteiger partial charge in [0.2, 0.25) is 0 Å². The predicted octanol–water partition coefficient (Wildman–Crippen LogP) is 6.91. The van der Waals surface area contributed by atoms with Crippen LogP contribution < -0.4 is 0 Å². The lowest BCUT2D eigenvalue weighted by molar-refractivity contribution is -0.137. The van der Waals surface area contributed by atoms with Gasteiger partial charge in [-0.05, 0) is 42.9 Å². The van der Waals surface area contributed by atoms with E-state index in [9.17, 15) is 13.2 Å². The van der Waals surface area contributed by atoms with Crippen molar-refractivity contribution in [2.24, 2.45) is 0 Å². The van der Waals surface area contributed by atoms with Crippen molar-refractivity contribution in [2.75, 3.05) is 5.75 Å². The zero-order valence-electron chi connectivity index (χ0n) is 14.5. The van der Waals surface area contributed by atoms with Crippen LogP contribution in [0.2, 0.25) is 0 Å². The lowest BCUT2D eigenvalue weighted by Crippen LogP contribution is -2.05. The second-order valence-electron chi connectivity index (χ2n) is 6.08. The van der Waals surface area contributed by atoms with Crippen LogP contribution in [0.25, 0.3) is 11.3 Å². The molecular formula is C20H17BrF3NOS. The van der Waals surface area contributed by atoms with Crippen LogP contribution in [0, 0.1) is 6.92 Å². The van der Waals surface area contributed by atoms with Crippen LogP contribution >= 0.6 is 27.7 Å². The Bertz CT molecular complexity index is 906. The van der Waals surface area contributed by atoms with E-state index < -0.39 is 11.7 Å². The van der Waals surface area contributed by atoms with Crippen LogP contribution in [0.1, 0.15) is 22.4 Å². The van der Waals surface area contributed by atoms with Crippen molar-refractivity contribution in [1.29, 1.82) is 0 Å². The Morgan fingerprint density at radius 3 is 2.56 bits per heavy atom. The standard InChI is InChI=1S/C20H17BrF3NOS/c1-13-18(19(26-25-13)15-5-7-17(21)8-6-15)9-10-27-12-14-3-2-4-16(11-14)20(22,23)24/h2-8,11H,9-10,12H2,1H3. The number of halogens is 4. The molecule has 142 valence electrons. The second-order valence-corrected chi connectivity index (χ2v) is 8.10. The molecule has 0 radical (unpaired) electrons. The highest BCUT2D eigenvalue weighted by molar-refractivity contribution is 9.10. The summed E-state index contributed by atoms with van der Waals surface area (Å²) in [5.41, 5.74) is 2.90. The van der Waals surface area contributed by atoms with E-state index >= 15 is 0 Å². The summed E-state index contributed by atoms with van der Waals surface area (Å²) in [7, 11) is 0. The molecule has 0 atom stereocenters. The van der Waals surface area contributed by atoms with Crippen LogP contribution in [-0.4, -0.2) is 10.9 Å². The molecule has 1 heterocycles. The molecule has 0 amide bonds. The highest BCUT2D eigenvalue weighted by atomic mass is 79.9. The van der Waals surface area contributed by atoms with Crippen LogP contribution in [0.5, 0.6) is 0 Å². The number of rotatable bonds is 6. The van der Waals surface area contributed by atoms with Gasteiger partial charge in [-0.1, -0.05) is 51.4 Å². The number of hydrogen-bond acceptors (Lipinski definition) is 3. The van der Waals surface area contributed by atoms with Gasteiger partial charge in [0, 0.05) is 21.4 Å². The molecule has 0 aliphatic heterocycles. The van der Waals surface area contributed by atoms with E-state index in [0.717, 1.165) is 45.3 Å². The number of hydrogen-bond donors (Lipinski definition) is 0. The van der Waals surface area contributed by atoms with Gasteiger partial charge in [0.25, 0.3) is 0 Å². The van der Waals surface area contributed by atoms with Crippen molar-refractivity contribution in [3.63, 3.8) is 0 Å². The van der Waals surface area contributed by atoms with Crippen molar-refractivity contribution in [1.82, 2.24) is 5.16 Å². The number of aryl methyl sites for hydroxylation is 1. The zero-order chi connectivity index (χ0) is 19.4. The van der Waals surface area contributed by atoms with Crippen LogP contribution in [0.3, 0.4) is 0 Å². The molecule has 1 aromatic heterocycles. The van der Waals surface area contributed by atoms with Gasteiger partial charge in [-0.15, -0.1) is 0 Å². The Labute approximate surface area is 168 Å². The van der Waals surface area contributed by atoms with Crippen LogP contribution in [0.15, 0.2) is 57.5 Å². The lowest BCUT2D eigenvalue weighted by Gasteiger charge is -2.08. The Hall–Kier alpha value is -1.73. The molecule has 27 heavy (non-hydrogen) atoms. The van der Waals surface area contributed by atoms with Gasteiger partial charge in [0.15, 0.2) is 5.76 Å². The topological polar surface area (TPSA) is 26.0 Å². The molecule has 0 unspecified atom stereocenters.